The summed E-state index contributed by atoms with van der Waals surface area (Å²) in [5, 5.41) is 6.39. The third-order valence-corrected chi connectivity index (χ3v) is 4.17. The lowest BCUT2D eigenvalue weighted by molar-refractivity contribution is -0.126. The molecule has 1 aromatic heterocycles. The zero-order valence-corrected chi connectivity index (χ0v) is 15.7. The molecule has 1 heterocycles. The number of aromatic nitrogens is 1. The van der Waals surface area contributed by atoms with Gasteiger partial charge in [-0.1, -0.05) is 24.3 Å². The van der Waals surface area contributed by atoms with Crippen molar-refractivity contribution in [2.24, 2.45) is 0 Å². The highest BCUT2D eigenvalue weighted by Gasteiger charge is 2.12. The number of methoxy groups -OCH3 is 2. The molecule has 28 heavy (non-hydrogen) atoms. The molecule has 0 saturated heterocycles. The Kier molecular flexibility index (Phi) is 6.06. The molecule has 0 saturated carbocycles. The summed E-state index contributed by atoms with van der Waals surface area (Å²) in [6, 6.07) is 14.6. The first-order valence-corrected chi connectivity index (χ1v) is 8.72. The van der Waals surface area contributed by atoms with E-state index in [1.54, 1.807) is 38.6 Å². The molecule has 3 aromatic rings. The Hall–Kier alpha value is -3.61. The summed E-state index contributed by atoms with van der Waals surface area (Å²) in [4.78, 5) is 28.6. The molecule has 0 bridgehead atoms. The second-order valence-electron chi connectivity index (χ2n) is 6.07. The maximum absolute atomic E-state index is 12.2. The average Bonchev–Trinajstić information content (AvgIpc) is 2.72. The molecule has 0 aliphatic rings. The van der Waals surface area contributed by atoms with Crippen molar-refractivity contribution < 1.29 is 19.1 Å². The van der Waals surface area contributed by atoms with Crippen LogP contribution in [0.15, 0.2) is 54.7 Å². The van der Waals surface area contributed by atoms with Gasteiger partial charge < -0.3 is 20.1 Å². The molecule has 0 spiro atoms. The number of rotatable bonds is 7. The van der Waals surface area contributed by atoms with Crippen LogP contribution in [0, 0.1) is 0 Å². The van der Waals surface area contributed by atoms with Gasteiger partial charge in [-0.25, -0.2) is 0 Å². The van der Waals surface area contributed by atoms with Crippen LogP contribution in [0.4, 0.5) is 5.69 Å². The van der Waals surface area contributed by atoms with Gasteiger partial charge >= 0.3 is 0 Å². The van der Waals surface area contributed by atoms with Gasteiger partial charge in [0.1, 0.15) is 6.42 Å². The zero-order chi connectivity index (χ0) is 19.9. The standard InChI is InChI=1S/C21H21N3O4/c1-27-17-9-8-14(11-18(17)28-2)13-23-19(25)12-20(26)24-16-7-3-5-15-6-4-10-22-21(15)16/h3-11H,12-13H2,1-2H3,(H,23,25)(H,24,26). The van der Waals surface area contributed by atoms with E-state index >= 15 is 0 Å². The number of anilines is 1. The van der Waals surface area contributed by atoms with Crippen LogP contribution in [0.2, 0.25) is 0 Å². The number of ether oxygens (including phenoxy) is 2. The van der Waals surface area contributed by atoms with E-state index in [4.69, 9.17) is 9.47 Å². The Balaban J connectivity index is 1.57. The fourth-order valence-electron chi connectivity index (χ4n) is 2.80. The SMILES string of the molecule is COc1ccc(CNC(=O)CC(=O)Nc2cccc3cccnc23)cc1OC. The maximum Gasteiger partial charge on any atom is 0.233 e. The lowest BCUT2D eigenvalue weighted by Gasteiger charge is -2.11. The maximum atomic E-state index is 12.2. The number of hydrogen-bond donors (Lipinski definition) is 2. The molecule has 0 unspecified atom stereocenters. The fraction of sp³-hybridized carbons (Fsp3) is 0.190. The summed E-state index contributed by atoms with van der Waals surface area (Å²) < 4.78 is 10.4. The minimum Gasteiger partial charge on any atom is -0.493 e. The van der Waals surface area contributed by atoms with Gasteiger partial charge in [0.15, 0.2) is 11.5 Å². The van der Waals surface area contributed by atoms with Crippen LogP contribution < -0.4 is 20.1 Å². The summed E-state index contributed by atoms with van der Waals surface area (Å²) >= 11 is 0. The van der Waals surface area contributed by atoms with Crippen LogP contribution in [0.5, 0.6) is 11.5 Å². The number of nitrogens with one attached hydrogen (secondary N) is 2. The molecule has 7 heteroatoms. The Morgan fingerprint density at radius 3 is 2.54 bits per heavy atom. The predicted octanol–water partition coefficient (Wildman–Crippen LogP) is 2.90. The van der Waals surface area contributed by atoms with E-state index in [-0.39, 0.29) is 18.9 Å². The van der Waals surface area contributed by atoms with Crippen molar-refractivity contribution in [3.63, 3.8) is 0 Å². The van der Waals surface area contributed by atoms with Crippen LogP contribution in [-0.4, -0.2) is 31.0 Å². The predicted molar refractivity (Wildman–Crippen MR) is 106 cm³/mol. The lowest BCUT2D eigenvalue weighted by Crippen LogP contribution is -2.27. The number of pyridine rings is 1. The van der Waals surface area contributed by atoms with Crippen molar-refractivity contribution in [1.82, 2.24) is 10.3 Å². The minimum atomic E-state index is -0.400. The Morgan fingerprint density at radius 2 is 1.75 bits per heavy atom. The summed E-state index contributed by atoms with van der Waals surface area (Å²) in [6.07, 6.45) is 1.38. The van der Waals surface area contributed by atoms with Crippen molar-refractivity contribution in [2.45, 2.75) is 13.0 Å². The van der Waals surface area contributed by atoms with Gasteiger partial charge in [-0.2, -0.15) is 0 Å². The highest BCUT2D eigenvalue weighted by atomic mass is 16.5. The van der Waals surface area contributed by atoms with E-state index in [0.29, 0.717) is 22.7 Å². The van der Waals surface area contributed by atoms with Crippen LogP contribution in [0.25, 0.3) is 10.9 Å². The van der Waals surface area contributed by atoms with Crippen molar-refractivity contribution in [3.8, 4) is 11.5 Å². The van der Waals surface area contributed by atoms with Crippen molar-refractivity contribution >= 4 is 28.4 Å². The fourth-order valence-corrected chi connectivity index (χ4v) is 2.80. The summed E-state index contributed by atoms with van der Waals surface area (Å²) in [7, 11) is 3.11. The van der Waals surface area contributed by atoms with Crippen LogP contribution in [0.3, 0.4) is 0 Å². The van der Waals surface area contributed by atoms with Gasteiger partial charge in [0.2, 0.25) is 11.8 Å². The first kappa shape index (κ1) is 19.2. The number of benzene rings is 2. The molecule has 2 aromatic carbocycles. The Morgan fingerprint density at radius 1 is 0.964 bits per heavy atom. The number of nitrogens with zero attached hydrogens (tertiary/aromatic N) is 1. The van der Waals surface area contributed by atoms with Crippen LogP contribution in [0.1, 0.15) is 12.0 Å². The molecule has 144 valence electrons. The first-order chi connectivity index (χ1) is 13.6. The van der Waals surface area contributed by atoms with E-state index in [2.05, 4.69) is 15.6 Å². The second-order valence-corrected chi connectivity index (χ2v) is 6.07. The number of fused-ring (bicyclic) bond motifs is 1. The topological polar surface area (TPSA) is 89.5 Å². The smallest absolute Gasteiger partial charge is 0.233 e. The van der Waals surface area contributed by atoms with E-state index in [0.717, 1.165) is 10.9 Å². The molecule has 2 amide bonds. The molecule has 0 radical (unpaired) electrons. The molecule has 0 aliphatic heterocycles. The number of para-hydroxylation sites is 1. The van der Waals surface area contributed by atoms with Crippen molar-refractivity contribution in [3.05, 3.63) is 60.3 Å². The largest absolute Gasteiger partial charge is 0.493 e. The summed E-state index contributed by atoms with van der Waals surface area (Å²) in [5.41, 5.74) is 2.10. The van der Waals surface area contributed by atoms with E-state index in [1.807, 2.05) is 30.3 Å². The molecule has 2 N–H and O–H groups in total. The zero-order valence-electron chi connectivity index (χ0n) is 15.7. The lowest BCUT2D eigenvalue weighted by atomic mass is 10.2. The van der Waals surface area contributed by atoms with Gasteiger partial charge in [-0.3, -0.25) is 14.6 Å². The van der Waals surface area contributed by atoms with Crippen molar-refractivity contribution in [2.75, 3.05) is 19.5 Å². The third-order valence-electron chi connectivity index (χ3n) is 4.17. The monoisotopic (exact) mass is 379 g/mol. The van der Waals surface area contributed by atoms with Crippen LogP contribution in [-0.2, 0) is 16.1 Å². The highest BCUT2D eigenvalue weighted by Crippen LogP contribution is 2.27. The molecule has 3 rings (SSSR count). The molecule has 0 fully saturated rings. The molecule has 7 nitrogen and oxygen atoms in total. The van der Waals surface area contributed by atoms with E-state index in [1.165, 1.54) is 0 Å². The average molecular weight is 379 g/mol. The summed E-state index contributed by atoms with van der Waals surface area (Å²) in [6.45, 7) is 0.280. The Bertz CT molecular complexity index is 999. The van der Waals surface area contributed by atoms with E-state index < -0.39 is 5.91 Å². The number of carbonyl (C=O) groups excluding carboxylic acids is 2. The van der Waals surface area contributed by atoms with Crippen LogP contribution >= 0.6 is 0 Å². The molecule has 0 atom stereocenters. The third kappa shape index (κ3) is 4.56. The number of amides is 2. The highest BCUT2D eigenvalue weighted by molar-refractivity contribution is 6.07. The van der Waals surface area contributed by atoms with Crippen molar-refractivity contribution in [1.29, 1.82) is 0 Å². The van der Waals surface area contributed by atoms with Gasteiger partial charge in [0.05, 0.1) is 25.4 Å². The molecular weight excluding hydrogens is 358 g/mol. The number of hydrogen-bond acceptors (Lipinski definition) is 5. The first-order valence-electron chi connectivity index (χ1n) is 8.72. The van der Waals surface area contributed by atoms with Gasteiger partial charge in [0.25, 0.3) is 0 Å². The second kappa shape index (κ2) is 8.85. The molecule has 0 aliphatic carbocycles. The van der Waals surface area contributed by atoms with Gasteiger partial charge in [-0.15, -0.1) is 0 Å². The van der Waals surface area contributed by atoms with E-state index in [9.17, 15) is 9.59 Å². The quantitative estimate of drug-likeness (QED) is 0.616. The van der Waals surface area contributed by atoms with Gasteiger partial charge in [-0.05, 0) is 29.8 Å². The summed E-state index contributed by atoms with van der Waals surface area (Å²) in [5.74, 6) is 0.416. The Labute approximate surface area is 162 Å². The normalized spacial score (nSPS) is 10.4. The molecular formula is C21H21N3O4. The van der Waals surface area contributed by atoms with Gasteiger partial charge in [0, 0.05) is 18.1 Å². The minimum absolute atomic E-state index is 0.280. The number of carbonyl (C=O) groups is 2.